The smallest absolute Gasteiger partial charge is 0.414 e. The molecule has 0 saturated carbocycles. The zero-order chi connectivity index (χ0) is 30.8. The maximum atomic E-state index is 13.2. The van der Waals surface area contributed by atoms with Crippen LogP contribution in [0.5, 0.6) is 0 Å². The fourth-order valence-electron chi connectivity index (χ4n) is 5.34. The van der Waals surface area contributed by atoms with Gasteiger partial charge in [0.05, 0.1) is 9.82 Å². The van der Waals surface area contributed by atoms with Crippen molar-refractivity contribution < 1.29 is 22.9 Å². The van der Waals surface area contributed by atoms with Gasteiger partial charge in [-0.2, -0.15) is 0 Å². The van der Waals surface area contributed by atoms with Crippen LogP contribution in [0.2, 0.25) is 0 Å². The molecular weight excluding hydrogens is 568 g/mol. The number of carbonyl (C=O) groups is 1. The van der Waals surface area contributed by atoms with Gasteiger partial charge in [0.2, 0.25) is 10.0 Å². The van der Waals surface area contributed by atoms with Crippen molar-refractivity contribution in [2.24, 2.45) is 0 Å². The lowest BCUT2D eigenvalue weighted by Gasteiger charge is -2.37. The summed E-state index contributed by atoms with van der Waals surface area (Å²) in [5.74, 6) is 0.0153. The first-order valence-electron chi connectivity index (χ1n) is 14.3. The van der Waals surface area contributed by atoms with Gasteiger partial charge in [-0.15, -0.1) is 0 Å². The predicted molar refractivity (Wildman–Crippen MR) is 165 cm³/mol. The average molecular weight is 607 g/mol. The third-order valence-corrected chi connectivity index (χ3v) is 9.70. The van der Waals surface area contributed by atoms with Gasteiger partial charge in [0, 0.05) is 51.1 Å². The molecule has 3 aromatic rings. The van der Waals surface area contributed by atoms with Crippen molar-refractivity contribution in [3.8, 4) is 0 Å². The van der Waals surface area contributed by atoms with Crippen LogP contribution in [0.3, 0.4) is 0 Å². The fourth-order valence-corrected chi connectivity index (χ4v) is 6.57. The van der Waals surface area contributed by atoms with E-state index >= 15 is 0 Å². The number of piperidine rings is 1. The monoisotopic (exact) mass is 606 g/mol. The number of hydrogen-bond acceptors (Lipinski definition) is 7. The minimum atomic E-state index is -3.61. The Hall–Kier alpha value is -4.06. The van der Waals surface area contributed by atoms with Gasteiger partial charge in [-0.3, -0.25) is 15.0 Å². The topological polar surface area (TPSA) is 113 Å². The van der Waals surface area contributed by atoms with Crippen molar-refractivity contribution in [3.63, 3.8) is 0 Å². The Morgan fingerprint density at radius 2 is 1.65 bits per heavy atom. The molecule has 11 heteroatoms. The second-order valence-corrected chi connectivity index (χ2v) is 12.7. The Bertz CT molecular complexity index is 1460. The molecular formula is C32H38N4O6S. The molecule has 0 N–H and O–H groups in total. The van der Waals surface area contributed by atoms with Crippen LogP contribution in [-0.2, 0) is 21.4 Å². The molecule has 10 nitrogen and oxygen atoms in total. The number of benzene rings is 3. The van der Waals surface area contributed by atoms with E-state index in [1.54, 1.807) is 49.5 Å². The van der Waals surface area contributed by atoms with Crippen LogP contribution >= 0.6 is 0 Å². The number of amides is 1. The SMILES string of the molecule is C=CN(C(=O)OCc1ccc([N+](=O)[O-])cc1)C1CCN(CC[C@H](CN(C)S(=O)(=O)c2ccccc2)c2ccccc2)CC1. The summed E-state index contributed by atoms with van der Waals surface area (Å²) in [6, 6.07) is 24.3. The summed E-state index contributed by atoms with van der Waals surface area (Å²) >= 11 is 0. The highest BCUT2D eigenvalue weighted by Crippen LogP contribution is 2.26. The maximum Gasteiger partial charge on any atom is 0.414 e. The van der Waals surface area contributed by atoms with Gasteiger partial charge in [0.15, 0.2) is 0 Å². The molecule has 0 aliphatic carbocycles. The molecule has 1 saturated heterocycles. The number of likely N-dealkylation sites (tertiary alicyclic amines) is 1. The lowest BCUT2D eigenvalue weighted by molar-refractivity contribution is -0.384. The molecule has 43 heavy (non-hydrogen) atoms. The number of nitrogens with zero attached hydrogens (tertiary/aromatic N) is 4. The predicted octanol–water partition coefficient (Wildman–Crippen LogP) is 5.64. The van der Waals surface area contributed by atoms with Crippen LogP contribution in [0.4, 0.5) is 10.5 Å². The fraction of sp³-hybridized carbons (Fsp3) is 0.344. The molecule has 1 fully saturated rings. The van der Waals surface area contributed by atoms with Gasteiger partial charge in [-0.1, -0.05) is 55.1 Å². The largest absolute Gasteiger partial charge is 0.444 e. The van der Waals surface area contributed by atoms with Gasteiger partial charge in [-0.25, -0.2) is 17.5 Å². The van der Waals surface area contributed by atoms with Crippen LogP contribution in [0.15, 0.2) is 103 Å². The highest BCUT2D eigenvalue weighted by molar-refractivity contribution is 7.89. The van der Waals surface area contributed by atoms with E-state index in [9.17, 15) is 23.3 Å². The van der Waals surface area contributed by atoms with Gasteiger partial charge in [-0.05, 0) is 67.1 Å². The molecule has 4 rings (SSSR count). The van der Waals surface area contributed by atoms with Gasteiger partial charge < -0.3 is 9.64 Å². The molecule has 0 aromatic heterocycles. The summed E-state index contributed by atoms with van der Waals surface area (Å²) in [7, 11) is -1.97. The molecule has 0 unspecified atom stereocenters. The summed E-state index contributed by atoms with van der Waals surface area (Å²) in [6.07, 6.45) is 3.27. The third kappa shape index (κ3) is 8.50. The van der Waals surface area contributed by atoms with E-state index in [1.807, 2.05) is 30.3 Å². The summed E-state index contributed by atoms with van der Waals surface area (Å²) in [6.45, 7) is 6.54. The standard InChI is InChI=1S/C32H38N4O6S/c1-3-35(32(37)42-25-26-14-16-30(17-15-26)36(38)39)29-19-22-34(23-20-29)21-18-28(27-10-6-4-7-11-27)24-33(2)43(40,41)31-12-8-5-9-13-31/h3-17,28-29H,1,18-25H2,2H3/t28-/m1/s1. The normalized spacial score (nSPS) is 15.1. The molecule has 1 aliphatic rings. The molecule has 1 atom stereocenters. The van der Waals surface area contributed by atoms with Gasteiger partial charge in [0.25, 0.3) is 5.69 Å². The number of rotatable bonds is 13. The van der Waals surface area contributed by atoms with E-state index in [4.69, 9.17) is 4.74 Å². The van der Waals surface area contributed by atoms with Crippen molar-refractivity contribution in [1.29, 1.82) is 0 Å². The number of nitro groups is 1. The Balaban J connectivity index is 1.30. The van der Waals surface area contributed by atoms with E-state index in [2.05, 4.69) is 11.5 Å². The highest BCUT2D eigenvalue weighted by Gasteiger charge is 2.29. The second-order valence-electron chi connectivity index (χ2n) is 10.6. The quantitative estimate of drug-likeness (QED) is 0.183. The average Bonchev–Trinajstić information content (AvgIpc) is 3.03. The van der Waals surface area contributed by atoms with Crippen LogP contribution in [0.1, 0.15) is 36.3 Å². The Labute approximate surface area is 253 Å². The molecule has 0 spiro atoms. The molecule has 3 aromatic carbocycles. The zero-order valence-corrected chi connectivity index (χ0v) is 25.1. The second kappa shape index (κ2) is 14.9. The molecule has 0 radical (unpaired) electrons. The van der Waals surface area contributed by atoms with Crippen LogP contribution in [-0.4, -0.2) is 72.8 Å². The van der Waals surface area contributed by atoms with E-state index in [0.717, 1.165) is 44.5 Å². The van der Waals surface area contributed by atoms with Crippen LogP contribution in [0, 0.1) is 10.1 Å². The van der Waals surface area contributed by atoms with Crippen molar-refractivity contribution in [2.75, 3.05) is 33.2 Å². The Morgan fingerprint density at radius 3 is 2.23 bits per heavy atom. The van der Waals surface area contributed by atoms with Crippen molar-refractivity contribution >= 4 is 21.8 Å². The Kier molecular flexibility index (Phi) is 11.0. The number of ether oxygens (including phenoxy) is 1. The highest BCUT2D eigenvalue weighted by atomic mass is 32.2. The lowest BCUT2D eigenvalue weighted by Crippen LogP contribution is -2.45. The Morgan fingerprint density at radius 1 is 1.05 bits per heavy atom. The number of likely N-dealkylation sites (N-methyl/N-ethyl adjacent to an activating group) is 1. The zero-order valence-electron chi connectivity index (χ0n) is 24.3. The lowest BCUT2D eigenvalue weighted by atomic mass is 9.94. The third-order valence-electron chi connectivity index (χ3n) is 7.86. The summed E-state index contributed by atoms with van der Waals surface area (Å²) < 4.78 is 33.3. The first-order chi connectivity index (χ1) is 20.7. The number of hydrogen-bond donors (Lipinski definition) is 0. The molecule has 0 bridgehead atoms. The number of carbonyl (C=O) groups excluding carboxylic acids is 1. The van der Waals surface area contributed by atoms with Crippen LogP contribution < -0.4 is 0 Å². The van der Waals surface area contributed by atoms with Gasteiger partial charge in [0.1, 0.15) is 6.61 Å². The minimum Gasteiger partial charge on any atom is -0.444 e. The minimum absolute atomic E-state index is 0.00925. The number of non-ortho nitro benzene ring substituents is 1. The van der Waals surface area contributed by atoms with Crippen molar-refractivity contribution in [3.05, 3.63) is 119 Å². The van der Waals surface area contributed by atoms with E-state index in [1.165, 1.54) is 27.5 Å². The molecule has 1 aliphatic heterocycles. The summed E-state index contributed by atoms with van der Waals surface area (Å²) in [5.41, 5.74) is 1.74. The molecule has 1 amide bonds. The van der Waals surface area contributed by atoms with E-state index < -0.39 is 21.0 Å². The first kappa shape index (κ1) is 31.9. The number of nitro benzene ring substituents is 1. The molecule has 228 valence electrons. The van der Waals surface area contributed by atoms with Crippen molar-refractivity contribution in [1.82, 2.24) is 14.1 Å². The van der Waals surface area contributed by atoms with Crippen LogP contribution in [0.25, 0.3) is 0 Å². The van der Waals surface area contributed by atoms with E-state index in [-0.39, 0.29) is 29.1 Å². The number of sulfonamides is 1. The van der Waals surface area contributed by atoms with Gasteiger partial charge >= 0.3 is 6.09 Å². The first-order valence-corrected chi connectivity index (χ1v) is 15.7. The maximum absolute atomic E-state index is 13.2. The summed E-state index contributed by atoms with van der Waals surface area (Å²) in [5, 5.41) is 10.8. The van der Waals surface area contributed by atoms with E-state index in [0.29, 0.717) is 12.1 Å². The molecule has 1 heterocycles. The van der Waals surface area contributed by atoms with Crippen molar-refractivity contribution in [2.45, 2.75) is 42.7 Å². The summed E-state index contributed by atoms with van der Waals surface area (Å²) in [4.78, 5) is 27.3.